The van der Waals surface area contributed by atoms with Gasteiger partial charge in [-0.25, -0.2) is 0 Å². The molecule has 0 aliphatic carbocycles. The number of aliphatic imine (C=N–C) groups is 1. The number of amidine groups is 1. The molecule has 1 aromatic carbocycles. The third-order valence-electron chi connectivity index (χ3n) is 3.46. The summed E-state index contributed by atoms with van der Waals surface area (Å²) < 4.78 is 0. The van der Waals surface area contributed by atoms with Gasteiger partial charge in [-0.05, 0) is 29.7 Å². The maximum Gasteiger partial charge on any atom is 0.230 e. The molecule has 5 nitrogen and oxygen atoms in total. The Hall–Kier alpha value is -1.95. The lowest BCUT2D eigenvalue weighted by Gasteiger charge is -2.16. The van der Waals surface area contributed by atoms with E-state index in [-0.39, 0.29) is 5.91 Å². The van der Waals surface area contributed by atoms with Crippen molar-refractivity contribution >= 4 is 34.2 Å². The minimum Gasteiger partial charge on any atom is -0.378 e. The SMILES string of the molecule is CN(C)c1ccc(NC(=O)CC2=CSC3=NCCN23)cc1. The highest BCUT2D eigenvalue weighted by Gasteiger charge is 2.27. The molecule has 0 saturated heterocycles. The Bertz CT molecular complexity index is 607. The van der Waals surface area contributed by atoms with Gasteiger partial charge in [-0.15, -0.1) is 0 Å². The van der Waals surface area contributed by atoms with Crippen LogP contribution in [0.25, 0.3) is 0 Å². The summed E-state index contributed by atoms with van der Waals surface area (Å²) >= 11 is 1.60. The second kappa shape index (κ2) is 5.81. The zero-order valence-electron chi connectivity index (χ0n) is 12.2. The first kappa shape index (κ1) is 14.0. The monoisotopic (exact) mass is 302 g/mol. The van der Waals surface area contributed by atoms with Gasteiger partial charge in [0.25, 0.3) is 0 Å². The zero-order valence-corrected chi connectivity index (χ0v) is 13.0. The predicted octanol–water partition coefficient (Wildman–Crippen LogP) is 2.34. The van der Waals surface area contributed by atoms with Crippen LogP contribution in [0.1, 0.15) is 6.42 Å². The molecule has 0 radical (unpaired) electrons. The van der Waals surface area contributed by atoms with Crippen LogP contribution in [0.15, 0.2) is 40.4 Å². The van der Waals surface area contributed by atoms with Gasteiger partial charge in [-0.2, -0.15) is 0 Å². The molecule has 2 aliphatic heterocycles. The number of anilines is 2. The Kier molecular flexibility index (Phi) is 3.88. The molecule has 0 unspecified atom stereocenters. The van der Waals surface area contributed by atoms with Crippen molar-refractivity contribution in [2.24, 2.45) is 4.99 Å². The lowest BCUT2D eigenvalue weighted by molar-refractivity contribution is -0.115. The highest BCUT2D eigenvalue weighted by Crippen LogP contribution is 2.31. The molecule has 0 aromatic heterocycles. The molecule has 21 heavy (non-hydrogen) atoms. The number of carbonyl (C=O) groups excluding carboxylic acids is 1. The van der Waals surface area contributed by atoms with Crippen molar-refractivity contribution in [3.63, 3.8) is 0 Å². The number of carbonyl (C=O) groups is 1. The van der Waals surface area contributed by atoms with E-state index >= 15 is 0 Å². The Balaban J connectivity index is 1.58. The van der Waals surface area contributed by atoms with Gasteiger partial charge in [0.2, 0.25) is 5.91 Å². The number of rotatable bonds is 4. The third-order valence-corrected chi connectivity index (χ3v) is 4.41. The van der Waals surface area contributed by atoms with Crippen LogP contribution in [0.4, 0.5) is 11.4 Å². The van der Waals surface area contributed by atoms with Crippen molar-refractivity contribution in [2.75, 3.05) is 37.4 Å². The molecule has 1 aromatic rings. The van der Waals surface area contributed by atoms with Crippen molar-refractivity contribution < 1.29 is 4.79 Å². The van der Waals surface area contributed by atoms with Gasteiger partial charge in [0.05, 0.1) is 13.0 Å². The Labute approximate surface area is 128 Å². The smallest absolute Gasteiger partial charge is 0.230 e. The van der Waals surface area contributed by atoms with Crippen LogP contribution in [0.3, 0.4) is 0 Å². The van der Waals surface area contributed by atoms with E-state index in [4.69, 9.17) is 0 Å². The van der Waals surface area contributed by atoms with Crippen molar-refractivity contribution in [3.8, 4) is 0 Å². The molecular weight excluding hydrogens is 284 g/mol. The zero-order chi connectivity index (χ0) is 14.8. The van der Waals surface area contributed by atoms with Crippen molar-refractivity contribution in [1.82, 2.24) is 4.90 Å². The summed E-state index contributed by atoms with van der Waals surface area (Å²) in [5.41, 5.74) is 2.98. The van der Waals surface area contributed by atoms with Crippen LogP contribution < -0.4 is 10.2 Å². The molecule has 3 rings (SSSR count). The van der Waals surface area contributed by atoms with E-state index in [2.05, 4.69) is 15.2 Å². The molecule has 0 fully saturated rings. The van der Waals surface area contributed by atoms with Crippen LogP contribution in [-0.4, -0.2) is 43.2 Å². The number of nitrogens with zero attached hydrogens (tertiary/aromatic N) is 3. The number of hydrogen-bond donors (Lipinski definition) is 1. The maximum absolute atomic E-state index is 12.1. The number of nitrogens with one attached hydrogen (secondary N) is 1. The average molecular weight is 302 g/mol. The van der Waals surface area contributed by atoms with E-state index in [9.17, 15) is 4.79 Å². The van der Waals surface area contributed by atoms with Gasteiger partial charge in [0.15, 0.2) is 5.17 Å². The van der Waals surface area contributed by atoms with Gasteiger partial charge >= 0.3 is 0 Å². The minimum absolute atomic E-state index is 0.00704. The number of fused-ring (bicyclic) bond motifs is 1. The quantitative estimate of drug-likeness (QED) is 0.927. The van der Waals surface area contributed by atoms with Crippen LogP contribution in [0.5, 0.6) is 0 Å². The summed E-state index contributed by atoms with van der Waals surface area (Å²) in [4.78, 5) is 20.7. The van der Waals surface area contributed by atoms with Crippen LogP contribution in [0, 0.1) is 0 Å². The summed E-state index contributed by atoms with van der Waals surface area (Å²) in [5.74, 6) is 0.00704. The Morgan fingerprint density at radius 2 is 2.14 bits per heavy atom. The molecular formula is C15H18N4OS. The fourth-order valence-corrected chi connectivity index (χ4v) is 3.28. The Morgan fingerprint density at radius 1 is 1.38 bits per heavy atom. The van der Waals surface area contributed by atoms with E-state index in [1.807, 2.05) is 48.7 Å². The van der Waals surface area contributed by atoms with Gasteiger partial charge in [0, 0.05) is 37.7 Å². The van der Waals surface area contributed by atoms with E-state index in [1.165, 1.54) is 0 Å². The highest BCUT2D eigenvalue weighted by molar-refractivity contribution is 8.16. The van der Waals surface area contributed by atoms with Gasteiger partial charge in [0.1, 0.15) is 0 Å². The largest absolute Gasteiger partial charge is 0.378 e. The molecule has 1 N–H and O–H groups in total. The van der Waals surface area contributed by atoms with E-state index in [0.717, 1.165) is 35.3 Å². The first-order chi connectivity index (χ1) is 10.1. The first-order valence-electron chi connectivity index (χ1n) is 6.88. The van der Waals surface area contributed by atoms with Crippen LogP contribution in [-0.2, 0) is 4.79 Å². The first-order valence-corrected chi connectivity index (χ1v) is 7.76. The molecule has 0 saturated carbocycles. The van der Waals surface area contributed by atoms with E-state index < -0.39 is 0 Å². The van der Waals surface area contributed by atoms with Crippen molar-refractivity contribution in [2.45, 2.75) is 6.42 Å². The van der Waals surface area contributed by atoms with Crippen molar-refractivity contribution in [1.29, 1.82) is 0 Å². The van der Waals surface area contributed by atoms with Crippen molar-refractivity contribution in [3.05, 3.63) is 35.4 Å². The maximum atomic E-state index is 12.1. The second-order valence-corrected chi connectivity index (χ2v) is 6.05. The lowest BCUT2D eigenvalue weighted by Crippen LogP contribution is -2.24. The predicted molar refractivity (Wildman–Crippen MR) is 88.7 cm³/mol. The number of amides is 1. The molecule has 0 bridgehead atoms. The third kappa shape index (κ3) is 3.05. The Morgan fingerprint density at radius 3 is 2.86 bits per heavy atom. The van der Waals surface area contributed by atoms with Gasteiger partial charge in [-0.3, -0.25) is 9.79 Å². The van der Waals surface area contributed by atoms with Gasteiger partial charge < -0.3 is 15.1 Å². The molecule has 2 aliphatic rings. The summed E-state index contributed by atoms with van der Waals surface area (Å²) in [6.07, 6.45) is 0.390. The molecule has 0 spiro atoms. The normalized spacial score (nSPS) is 16.4. The molecule has 6 heteroatoms. The number of hydrogen-bond acceptors (Lipinski definition) is 5. The lowest BCUT2D eigenvalue weighted by atomic mass is 10.2. The van der Waals surface area contributed by atoms with Crippen LogP contribution in [0.2, 0.25) is 0 Å². The second-order valence-electron chi connectivity index (χ2n) is 5.21. The molecule has 1 amide bonds. The number of thioether (sulfide) groups is 1. The summed E-state index contributed by atoms with van der Waals surface area (Å²) in [6, 6.07) is 7.83. The molecule has 110 valence electrons. The summed E-state index contributed by atoms with van der Waals surface area (Å²) in [5, 5.41) is 5.98. The van der Waals surface area contributed by atoms with E-state index in [1.54, 1.807) is 11.8 Å². The standard InChI is InChI=1S/C15H18N4OS/c1-18(2)12-5-3-11(4-6-12)17-14(20)9-13-10-21-15-16-7-8-19(13)15/h3-6,10H,7-9H2,1-2H3,(H,17,20). The summed E-state index contributed by atoms with van der Waals surface area (Å²) in [6.45, 7) is 1.71. The molecule has 0 atom stereocenters. The summed E-state index contributed by atoms with van der Waals surface area (Å²) in [7, 11) is 3.99. The minimum atomic E-state index is 0.00704. The topological polar surface area (TPSA) is 47.9 Å². The van der Waals surface area contributed by atoms with E-state index in [0.29, 0.717) is 6.42 Å². The fourth-order valence-electron chi connectivity index (χ4n) is 2.33. The molecule has 2 heterocycles. The number of benzene rings is 1. The average Bonchev–Trinajstić information content (AvgIpc) is 3.04. The van der Waals surface area contributed by atoms with Crippen LogP contribution >= 0.6 is 11.8 Å². The highest BCUT2D eigenvalue weighted by atomic mass is 32.2. The van der Waals surface area contributed by atoms with Gasteiger partial charge in [-0.1, -0.05) is 11.8 Å². The fraction of sp³-hybridized carbons (Fsp3) is 0.333.